The number of anilines is 2. The monoisotopic (exact) mass is 459 g/mol. The van der Waals surface area contributed by atoms with Crippen LogP contribution in [0, 0.1) is 11.3 Å². The maximum absolute atomic E-state index is 12.0. The van der Waals surface area contributed by atoms with Crippen molar-refractivity contribution in [2.75, 3.05) is 12.4 Å². The number of hydrogen-bond donors (Lipinski definition) is 3. The van der Waals surface area contributed by atoms with Gasteiger partial charge in [-0.2, -0.15) is 5.26 Å². The second kappa shape index (κ2) is 7.76. The summed E-state index contributed by atoms with van der Waals surface area (Å²) in [5, 5.41) is 15.0. The van der Waals surface area contributed by atoms with Gasteiger partial charge in [0.25, 0.3) is 0 Å². The van der Waals surface area contributed by atoms with Gasteiger partial charge >= 0.3 is 0 Å². The van der Waals surface area contributed by atoms with Gasteiger partial charge in [-0.1, -0.05) is 12.1 Å². The number of nitrogens with one attached hydrogen (secondary N) is 3. The second-order valence-electron chi connectivity index (χ2n) is 7.12. The van der Waals surface area contributed by atoms with Crippen LogP contribution >= 0.6 is 11.3 Å². The molecule has 0 radical (unpaired) electrons. The molecule has 5 rings (SSSR count). The van der Waals surface area contributed by atoms with Crippen LogP contribution in [-0.4, -0.2) is 25.4 Å². The zero-order valence-electron chi connectivity index (χ0n) is 16.9. The number of aromatic amines is 1. The molecule has 0 amide bonds. The molecule has 3 N–H and O–H groups in total. The molecule has 0 aliphatic heterocycles. The van der Waals surface area contributed by atoms with Crippen LogP contribution in [0.3, 0.4) is 0 Å². The fourth-order valence-electron chi connectivity index (χ4n) is 3.54. The minimum absolute atomic E-state index is 0.206. The summed E-state index contributed by atoms with van der Waals surface area (Å²) in [5.41, 5.74) is 3.94. The van der Waals surface area contributed by atoms with E-state index in [2.05, 4.69) is 26.1 Å². The van der Waals surface area contributed by atoms with E-state index in [1.807, 2.05) is 36.5 Å². The van der Waals surface area contributed by atoms with E-state index in [-0.39, 0.29) is 4.90 Å². The number of pyridine rings is 1. The molecule has 7 nitrogen and oxygen atoms in total. The Morgan fingerprint density at radius 1 is 1.09 bits per heavy atom. The quantitative estimate of drug-likeness (QED) is 0.344. The molecule has 3 aromatic heterocycles. The molecule has 3 heterocycles. The van der Waals surface area contributed by atoms with Gasteiger partial charge in [-0.15, -0.1) is 11.3 Å². The first-order valence-corrected chi connectivity index (χ1v) is 12.0. The largest absolute Gasteiger partial charge is 0.361 e. The number of rotatable bonds is 5. The maximum atomic E-state index is 12.0. The summed E-state index contributed by atoms with van der Waals surface area (Å²) in [4.78, 5) is 9.55. The number of sulfonamides is 1. The number of nitriles is 1. The Morgan fingerprint density at radius 2 is 1.91 bits per heavy atom. The van der Waals surface area contributed by atoms with Crippen molar-refractivity contribution in [3.8, 4) is 16.5 Å². The van der Waals surface area contributed by atoms with Crippen molar-refractivity contribution in [2.24, 2.45) is 0 Å². The number of H-pyrrole nitrogens is 1. The number of benzene rings is 2. The first kappa shape index (κ1) is 20.2. The van der Waals surface area contributed by atoms with E-state index >= 15 is 0 Å². The number of thiophene rings is 1. The molecule has 9 heteroatoms. The van der Waals surface area contributed by atoms with Crippen LogP contribution in [0.1, 0.15) is 5.56 Å². The molecule has 0 atom stereocenters. The molecule has 158 valence electrons. The highest BCUT2D eigenvalue weighted by Gasteiger charge is 2.15. The van der Waals surface area contributed by atoms with Crippen molar-refractivity contribution >= 4 is 53.9 Å². The summed E-state index contributed by atoms with van der Waals surface area (Å²) in [7, 11) is -2.11. The van der Waals surface area contributed by atoms with Crippen molar-refractivity contribution in [3.63, 3.8) is 0 Å². The van der Waals surface area contributed by atoms with Crippen LogP contribution in [0.15, 0.2) is 71.9 Å². The SMILES string of the molecule is CNS(=O)(=O)c1ccc(-c2cc3c(Nc4ccc5[nH]ccc5c4)c(C#N)cnc3s2)cc1. The molecule has 2 aromatic carbocycles. The van der Waals surface area contributed by atoms with E-state index < -0.39 is 10.0 Å². The van der Waals surface area contributed by atoms with Gasteiger partial charge in [0.15, 0.2) is 0 Å². The van der Waals surface area contributed by atoms with Crippen LogP contribution in [0.25, 0.3) is 31.6 Å². The van der Waals surface area contributed by atoms with Crippen molar-refractivity contribution in [3.05, 3.63) is 72.6 Å². The zero-order valence-corrected chi connectivity index (χ0v) is 18.5. The zero-order chi connectivity index (χ0) is 22.3. The molecule has 0 unspecified atom stereocenters. The molecule has 32 heavy (non-hydrogen) atoms. The summed E-state index contributed by atoms with van der Waals surface area (Å²) in [6.45, 7) is 0. The average Bonchev–Trinajstić information content (AvgIpc) is 3.46. The Bertz CT molecular complexity index is 1610. The third-order valence-electron chi connectivity index (χ3n) is 5.22. The smallest absolute Gasteiger partial charge is 0.240 e. The lowest BCUT2D eigenvalue weighted by Gasteiger charge is -2.09. The predicted molar refractivity (Wildman–Crippen MR) is 128 cm³/mol. The third-order valence-corrected chi connectivity index (χ3v) is 7.75. The van der Waals surface area contributed by atoms with Crippen LogP contribution in [0.4, 0.5) is 11.4 Å². The molecule has 0 aliphatic rings. The van der Waals surface area contributed by atoms with Gasteiger partial charge in [-0.25, -0.2) is 18.1 Å². The summed E-state index contributed by atoms with van der Waals surface area (Å²) >= 11 is 1.49. The highest BCUT2D eigenvalue weighted by molar-refractivity contribution is 7.89. The second-order valence-corrected chi connectivity index (χ2v) is 10.0. The Balaban J connectivity index is 1.57. The fraction of sp³-hybridized carbons (Fsp3) is 0.0435. The Hall–Kier alpha value is -3.71. The lowest BCUT2D eigenvalue weighted by Crippen LogP contribution is -2.18. The molecule has 0 spiro atoms. The minimum Gasteiger partial charge on any atom is -0.361 e. The standard InChI is InChI=1S/C23H17N5O2S2/c1-25-32(29,30)18-5-2-14(3-6-18)21-11-19-22(16(12-24)13-27-23(19)31-21)28-17-4-7-20-15(10-17)8-9-26-20/h2-11,13,25-26H,1H3,(H,27,28). The minimum atomic E-state index is -3.49. The Morgan fingerprint density at radius 3 is 2.66 bits per heavy atom. The Labute approximate surface area is 188 Å². The number of hydrogen-bond acceptors (Lipinski definition) is 6. The number of aromatic nitrogens is 2. The highest BCUT2D eigenvalue weighted by Crippen LogP contribution is 2.38. The van der Waals surface area contributed by atoms with Gasteiger partial charge < -0.3 is 10.3 Å². The van der Waals surface area contributed by atoms with Crippen molar-refractivity contribution < 1.29 is 8.42 Å². The molecule has 0 aliphatic carbocycles. The van der Waals surface area contributed by atoms with Gasteiger partial charge in [-0.05, 0) is 55.1 Å². The van der Waals surface area contributed by atoms with E-state index in [9.17, 15) is 13.7 Å². The third kappa shape index (κ3) is 3.50. The van der Waals surface area contributed by atoms with Gasteiger partial charge in [-0.3, -0.25) is 0 Å². The summed E-state index contributed by atoms with van der Waals surface area (Å²) in [5.74, 6) is 0. The van der Waals surface area contributed by atoms with Gasteiger partial charge in [0.2, 0.25) is 10.0 Å². The molecular formula is C23H17N5O2S2. The normalized spacial score (nSPS) is 11.6. The van der Waals surface area contributed by atoms with E-state index in [1.54, 1.807) is 30.5 Å². The van der Waals surface area contributed by atoms with Crippen molar-refractivity contribution in [2.45, 2.75) is 4.90 Å². The molecular weight excluding hydrogens is 442 g/mol. The lowest BCUT2D eigenvalue weighted by atomic mass is 10.1. The van der Waals surface area contributed by atoms with Gasteiger partial charge in [0.1, 0.15) is 10.9 Å². The number of nitrogens with zero attached hydrogens (tertiary/aromatic N) is 2. The highest BCUT2D eigenvalue weighted by atomic mass is 32.2. The van der Waals surface area contributed by atoms with E-state index in [4.69, 9.17) is 0 Å². The van der Waals surface area contributed by atoms with Crippen molar-refractivity contribution in [1.82, 2.24) is 14.7 Å². The van der Waals surface area contributed by atoms with E-state index in [0.717, 1.165) is 37.2 Å². The number of fused-ring (bicyclic) bond motifs is 2. The van der Waals surface area contributed by atoms with E-state index in [0.29, 0.717) is 11.3 Å². The molecule has 0 fully saturated rings. The van der Waals surface area contributed by atoms with E-state index in [1.165, 1.54) is 18.4 Å². The molecule has 0 saturated heterocycles. The Kier molecular flexibility index (Phi) is 4.90. The lowest BCUT2D eigenvalue weighted by molar-refractivity contribution is 0.588. The van der Waals surface area contributed by atoms with Crippen LogP contribution < -0.4 is 10.0 Å². The molecule has 0 saturated carbocycles. The topological polar surface area (TPSA) is 111 Å². The predicted octanol–water partition coefficient (Wildman–Crippen LogP) is 4.97. The summed E-state index contributed by atoms with van der Waals surface area (Å²) in [6.07, 6.45) is 3.46. The molecule has 5 aromatic rings. The molecule has 0 bridgehead atoms. The summed E-state index contributed by atoms with van der Waals surface area (Å²) < 4.78 is 26.3. The maximum Gasteiger partial charge on any atom is 0.240 e. The average molecular weight is 460 g/mol. The van der Waals surface area contributed by atoms with Crippen LogP contribution in [0.5, 0.6) is 0 Å². The first-order valence-electron chi connectivity index (χ1n) is 9.69. The van der Waals surface area contributed by atoms with Crippen LogP contribution in [0.2, 0.25) is 0 Å². The van der Waals surface area contributed by atoms with Gasteiger partial charge in [0.05, 0.1) is 16.1 Å². The first-order chi connectivity index (χ1) is 15.5. The summed E-state index contributed by atoms with van der Waals surface area (Å²) in [6, 6.07) is 18.9. The fourth-order valence-corrected chi connectivity index (χ4v) is 5.29. The van der Waals surface area contributed by atoms with Crippen molar-refractivity contribution in [1.29, 1.82) is 5.26 Å². The van der Waals surface area contributed by atoms with Crippen LogP contribution in [-0.2, 0) is 10.0 Å². The van der Waals surface area contributed by atoms with Gasteiger partial charge in [0, 0.05) is 39.2 Å².